The Balaban J connectivity index is 1.55. The van der Waals surface area contributed by atoms with Gasteiger partial charge in [-0.1, -0.05) is 18.2 Å². The van der Waals surface area contributed by atoms with Gasteiger partial charge in [-0.3, -0.25) is 14.5 Å². The Hall–Kier alpha value is -2.69. The van der Waals surface area contributed by atoms with Crippen LogP contribution in [0.15, 0.2) is 18.2 Å². The van der Waals surface area contributed by atoms with Crippen LogP contribution in [0.1, 0.15) is 33.6 Å². The predicted octanol–water partition coefficient (Wildman–Crippen LogP) is 3.23. The minimum Gasteiger partial charge on any atom is -0.324 e. The Morgan fingerprint density at radius 3 is 2.43 bits per heavy atom. The van der Waals surface area contributed by atoms with Crippen LogP contribution in [0.2, 0.25) is 0 Å². The van der Waals surface area contributed by atoms with Crippen molar-refractivity contribution in [3.63, 3.8) is 0 Å². The molecule has 28 heavy (non-hydrogen) atoms. The molecule has 0 fully saturated rings. The highest BCUT2D eigenvalue weighted by Crippen LogP contribution is 2.38. The smallest absolute Gasteiger partial charge is 0.239 e. The lowest BCUT2D eigenvalue weighted by atomic mass is 10.1. The average molecular weight is 397 g/mol. The van der Waals surface area contributed by atoms with E-state index in [1.807, 2.05) is 32.0 Å². The fourth-order valence-corrected chi connectivity index (χ4v) is 4.77. The summed E-state index contributed by atoms with van der Waals surface area (Å²) in [6.07, 6.45) is 2.95. The summed E-state index contributed by atoms with van der Waals surface area (Å²) >= 11 is 1.50. The summed E-state index contributed by atoms with van der Waals surface area (Å²) < 4.78 is 0. The molecule has 0 radical (unpaired) electrons. The topological polar surface area (TPSA) is 85.2 Å². The van der Waals surface area contributed by atoms with Gasteiger partial charge in [-0.2, -0.15) is 5.26 Å². The highest BCUT2D eigenvalue weighted by atomic mass is 32.1. The number of benzene rings is 1. The van der Waals surface area contributed by atoms with Crippen molar-refractivity contribution in [3.8, 4) is 6.07 Å². The Labute approximate surface area is 169 Å². The molecule has 2 N–H and O–H groups in total. The maximum Gasteiger partial charge on any atom is 0.239 e. The third kappa shape index (κ3) is 4.41. The van der Waals surface area contributed by atoms with E-state index in [0.717, 1.165) is 41.6 Å². The van der Waals surface area contributed by atoms with Gasteiger partial charge in [0.25, 0.3) is 0 Å². The molecule has 0 atom stereocenters. The number of likely N-dealkylation sites (N-methyl/N-ethyl adjacent to an activating group) is 1. The number of carbonyl (C=O) groups is 2. The molecule has 1 aliphatic carbocycles. The van der Waals surface area contributed by atoms with E-state index in [4.69, 9.17) is 0 Å². The van der Waals surface area contributed by atoms with Gasteiger partial charge >= 0.3 is 0 Å². The maximum absolute atomic E-state index is 12.4. The van der Waals surface area contributed by atoms with Crippen molar-refractivity contribution in [2.45, 2.75) is 33.1 Å². The van der Waals surface area contributed by atoms with Crippen molar-refractivity contribution in [2.24, 2.45) is 0 Å². The monoisotopic (exact) mass is 396 g/mol. The fraction of sp³-hybridized carbons (Fsp3) is 0.381. The van der Waals surface area contributed by atoms with Gasteiger partial charge in [0.2, 0.25) is 11.8 Å². The lowest BCUT2D eigenvalue weighted by molar-refractivity contribution is -0.119. The number of anilines is 2. The second-order valence-electron chi connectivity index (χ2n) is 7.21. The van der Waals surface area contributed by atoms with Crippen LogP contribution in [-0.2, 0) is 22.4 Å². The molecule has 1 aromatic carbocycles. The van der Waals surface area contributed by atoms with Gasteiger partial charge in [0.15, 0.2) is 0 Å². The number of nitrogens with zero attached hydrogens (tertiary/aromatic N) is 2. The number of aryl methyl sites for hydroxylation is 3. The number of nitrogens with one attached hydrogen (secondary N) is 2. The van der Waals surface area contributed by atoms with Crippen molar-refractivity contribution in [2.75, 3.05) is 30.8 Å². The van der Waals surface area contributed by atoms with Crippen LogP contribution >= 0.6 is 11.3 Å². The number of para-hydroxylation sites is 1. The van der Waals surface area contributed by atoms with Crippen LogP contribution in [0.25, 0.3) is 0 Å². The average Bonchev–Trinajstić information content (AvgIpc) is 3.18. The highest BCUT2D eigenvalue weighted by Gasteiger charge is 2.23. The van der Waals surface area contributed by atoms with Gasteiger partial charge in [0.05, 0.1) is 18.7 Å². The standard InChI is InChI=1S/C21H24N4O2S/c1-13-6-4-7-14(2)20(13)23-18(26)11-25(3)12-19(27)24-21-16(10-22)15-8-5-9-17(15)28-21/h4,6-7H,5,8-9,11-12H2,1-3H3,(H,23,26)(H,24,27). The molecular formula is C21H24N4O2S. The van der Waals surface area contributed by atoms with Gasteiger partial charge in [-0.15, -0.1) is 11.3 Å². The van der Waals surface area contributed by atoms with E-state index in [1.165, 1.54) is 16.2 Å². The molecule has 0 spiro atoms. The van der Waals surface area contributed by atoms with E-state index >= 15 is 0 Å². The van der Waals surface area contributed by atoms with Crippen LogP contribution in [0.4, 0.5) is 10.7 Å². The van der Waals surface area contributed by atoms with E-state index in [9.17, 15) is 14.9 Å². The molecule has 0 saturated heterocycles. The number of fused-ring (bicyclic) bond motifs is 1. The van der Waals surface area contributed by atoms with Crippen molar-refractivity contribution in [3.05, 3.63) is 45.3 Å². The second-order valence-corrected chi connectivity index (χ2v) is 8.31. The van der Waals surface area contributed by atoms with Crippen LogP contribution in [-0.4, -0.2) is 36.9 Å². The normalized spacial score (nSPS) is 12.5. The summed E-state index contributed by atoms with van der Waals surface area (Å²) in [7, 11) is 1.73. The first kappa shape index (κ1) is 20.1. The Morgan fingerprint density at radius 2 is 1.79 bits per heavy atom. The lowest BCUT2D eigenvalue weighted by Gasteiger charge is -2.17. The molecule has 1 aliphatic rings. The van der Waals surface area contributed by atoms with Gasteiger partial charge in [0, 0.05) is 10.6 Å². The zero-order chi connectivity index (χ0) is 20.3. The predicted molar refractivity (Wildman–Crippen MR) is 112 cm³/mol. The summed E-state index contributed by atoms with van der Waals surface area (Å²) in [4.78, 5) is 27.6. The highest BCUT2D eigenvalue weighted by molar-refractivity contribution is 7.16. The van der Waals surface area contributed by atoms with E-state index in [0.29, 0.717) is 10.6 Å². The Morgan fingerprint density at radius 1 is 1.14 bits per heavy atom. The molecule has 146 valence electrons. The number of nitriles is 1. The first-order valence-corrected chi connectivity index (χ1v) is 10.1. The molecule has 0 unspecified atom stereocenters. The third-order valence-corrected chi connectivity index (χ3v) is 6.07. The van der Waals surface area contributed by atoms with Gasteiger partial charge in [-0.25, -0.2) is 0 Å². The van der Waals surface area contributed by atoms with Gasteiger partial charge in [-0.05, 0) is 56.8 Å². The first-order valence-electron chi connectivity index (χ1n) is 9.28. The largest absolute Gasteiger partial charge is 0.324 e. The molecule has 0 bridgehead atoms. The molecule has 3 rings (SSSR count). The zero-order valence-corrected chi connectivity index (χ0v) is 17.2. The lowest BCUT2D eigenvalue weighted by Crippen LogP contribution is -2.36. The Bertz CT molecular complexity index is 938. The Kier molecular flexibility index (Phi) is 6.12. The summed E-state index contributed by atoms with van der Waals surface area (Å²) in [5.41, 5.74) is 4.51. The summed E-state index contributed by atoms with van der Waals surface area (Å²) in [6, 6.07) is 8.07. The molecule has 6 nitrogen and oxygen atoms in total. The van der Waals surface area contributed by atoms with E-state index in [2.05, 4.69) is 16.7 Å². The third-order valence-electron chi connectivity index (χ3n) is 4.86. The van der Waals surface area contributed by atoms with Crippen molar-refractivity contribution in [1.29, 1.82) is 5.26 Å². The van der Waals surface area contributed by atoms with Crippen LogP contribution < -0.4 is 10.6 Å². The van der Waals surface area contributed by atoms with Crippen molar-refractivity contribution < 1.29 is 9.59 Å². The number of amides is 2. The van der Waals surface area contributed by atoms with Crippen LogP contribution in [0, 0.1) is 25.2 Å². The maximum atomic E-state index is 12.4. The van der Waals surface area contributed by atoms with Crippen molar-refractivity contribution >= 4 is 33.8 Å². The molecule has 1 heterocycles. The fourth-order valence-electron chi connectivity index (χ4n) is 3.51. The van der Waals surface area contributed by atoms with Gasteiger partial charge in [0.1, 0.15) is 11.1 Å². The molecule has 1 aromatic heterocycles. The first-order chi connectivity index (χ1) is 13.4. The molecule has 7 heteroatoms. The number of thiophene rings is 1. The zero-order valence-electron chi connectivity index (χ0n) is 16.4. The van der Waals surface area contributed by atoms with E-state index < -0.39 is 0 Å². The van der Waals surface area contributed by atoms with Crippen molar-refractivity contribution in [1.82, 2.24) is 4.90 Å². The number of hydrogen-bond donors (Lipinski definition) is 2. The number of carbonyl (C=O) groups excluding carboxylic acids is 2. The molecule has 0 saturated carbocycles. The number of rotatable bonds is 6. The second kappa shape index (κ2) is 8.55. The summed E-state index contributed by atoms with van der Waals surface area (Å²) in [5.74, 6) is -0.390. The molecule has 2 aromatic rings. The van der Waals surface area contributed by atoms with Crippen LogP contribution in [0.3, 0.4) is 0 Å². The SMILES string of the molecule is Cc1cccc(C)c1NC(=O)CN(C)CC(=O)Nc1sc2c(c1C#N)CCC2. The minimum absolute atomic E-state index is 0.0770. The summed E-state index contributed by atoms with van der Waals surface area (Å²) in [5, 5.41) is 15.8. The minimum atomic E-state index is -0.223. The molecular weight excluding hydrogens is 372 g/mol. The molecule has 2 amide bonds. The number of hydrogen-bond acceptors (Lipinski definition) is 5. The van der Waals surface area contributed by atoms with E-state index in [-0.39, 0.29) is 24.9 Å². The summed E-state index contributed by atoms with van der Waals surface area (Å²) in [6.45, 7) is 4.08. The molecule has 0 aliphatic heterocycles. The van der Waals surface area contributed by atoms with Crippen LogP contribution in [0.5, 0.6) is 0 Å². The van der Waals surface area contributed by atoms with Gasteiger partial charge < -0.3 is 10.6 Å². The van der Waals surface area contributed by atoms with E-state index in [1.54, 1.807) is 11.9 Å². The quantitative estimate of drug-likeness (QED) is 0.785.